The van der Waals surface area contributed by atoms with Crippen LogP contribution in [-0.4, -0.2) is 48.6 Å². The molecule has 0 aliphatic carbocycles. The van der Waals surface area contributed by atoms with Gasteiger partial charge in [-0.15, -0.1) is 10.2 Å². The van der Waals surface area contributed by atoms with E-state index in [0.717, 1.165) is 0 Å². The van der Waals surface area contributed by atoms with E-state index in [1.165, 1.54) is 20.8 Å². The van der Waals surface area contributed by atoms with E-state index in [0.29, 0.717) is 0 Å². The van der Waals surface area contributed by atoms with Crippen LogP contribution in [0.25, 0.3) is 0 Å². The SMILES string of the molecule is C=C(C)C(=O)O.C=C(C)C(=O)O.C=C(C)C(=O)O.c1cnnnc1. The summed E-state index contributed by atoms with van der Waals surface area (Å²) >= 11 is 0. The summed E-state index contributed by atoms with van der Waals surface area (Å²) in [6, 6.07) is 1.72. The Morgan fingerprint density at radius 2 is 0.917 bits per heavy atom. The molecule has 0 fully saturated rings. The van der Waals surface area contributed by atoms with Crippen LogP contribution >= 0.6 is 0 Å². The van der Waals surface area contributed by atoms with Gasteiger partial charge in [-0.3, -0.25) is 0 Å². The molecule has 0 aromatic carbocycles. The summed E-state index contributed by atoms with van der Waals surface area (Å²) in [5.41, 5.74) is 0.528. The van der Waals surface area contributed by atoms with Crippen molar-refractivity contribution >= 4 is 17.9 Å². The first-order valence-electron chi connectivity index (χ1n) is 6.18. The van der Waals surface area contributed by atoms with Crippen LogP contribution in [0.2, 0.25) is 0 Å². The highest BCUT2D eigenvalue weighted by Crippen LogP contribution is 1.82. The van der Waals surface area contributed by atoms with Crippen molar-refractivity contribution in [3.8, 4) is 0 Å². The number of carboxylic acid groups (broad SMARTS) is 3. The Bertz CT molecular complexity index is 450. The van der Waals surface area contributed by atoms with E-state index in [2.05, 4.69) is 35.1 Å². The number of carbonyl (C=O) groups is 3. The summed E-state index contributed by atoms with van der Waals surface area (Å²) in [4.78, 5) is 28.8. The van der Waals surface area contributed by atoms with Crippen molar-refractivity contribution in [3.63, 3.8) is 0 Å². The summed E-state index contributed by atoms with van der Waals surface area (Å²) in [5.74, 6) is -2.81. The van der Waals surface area contributed by atoms with Crippen LogP contribution in [0.5, 0.6) is 0 Å². The largest absolute Gasteiger partial charge is 0.478 e. The molecule has 1 aromatic rings. The first kappa shape index (κ1) is 25.6. The summed E-state index contributed by atoms with van der Waals surface area (Å²) in [7, 11) is 0. The van der Waals surface area contributed by atoms with Gasteiger partial charge in [-0.1, -0.05) is 19.7 Å². The van der Waals surface area contributed by atoms with Gasteiger partial charge in [-0.05, 0) is 32.1 Å². The fourth-order valence-corrected chi connectivity index (χ4v) is 0.205. The Hall–Kier alpha value is -3.36. The lowest BCUT2D eigenvalue weighted by molar-refractivity contribution is -0.133. The number of carboxylic acids is 3. The summed E-state index contributed by atoms with van der Waals surface area (Å²) < 4.78 is 0. The standard InChI is InChI=1S/3C4H6O2.C3H3N3/c3*1-3(2)4(5)6;1-2-4-6-5-3-1/h3*1H2,2H3,(H,5,6);1-3H. The molecule has 1 heterocycles. The topological polar surface area (TPSA) is 151 Å². The van der Waals surface area contributed by atoms with Crippen molar-refractivity contribution in [3.05, 3.63) is 54.9 Å². The molecule has 0 aliphatic heterocycles. The quantitative estimate of drug-likeness (QED) is 0.700. The number of aliphatic carboxylic acids is 3. The van der Waals surface area contributed by atoms with Crippen LogP contribution in [0, 0.1) is 0 Å². The van der Waals surface area contributed by atoms with Crippen LogP contribution < -0.4 is 0 Å². The molecule has 24 heavy (non-hydrogen) atoms. The highest BCUT2D eigenvalue weighted by Gasteiger charge is 1.91. The molecule has 9 nitrogen and oxygen atoms in total. The van der Waals surface area contributed by atoms with Gasteiger partial charge < -0.3 is 15.3 Å². The van der Waals surface area contributed by atoms with Gasteiger partial charge in [0.25, 0.3) is 0 Å². The minimum Gasteiger partial charge on any atom is -0.478 e. The van der Waals surface area contributed by atoms with Crippen molar-refractivity contribution in [1.82, 2.24) is 15.4 Å². The maximum Gasteiger partial charge on any atom is 0.330 e. The van der Waals surface area contributed by atoms with Gasteiger partial charge in [0.2, 0.25) is 0 Å². The second-order valence-corrected chi connectivity index (χ2v) is 4.07. The average molecular weight is 339 g/mol. The molecule has 0 atom stereocenters. The van der Waals surface area contributed by atoms with Crippen molar-refractivity contribution in [2.45, 2.75) is 20.8 Å². The Balaban J connectivity index is -0.000000245. The van der Waals surface area contributed by atoms with Crippen LogP contribution in [-0.2, 0) is 14.4 Å². The Labute approximate surface area is 139 Å². The van der Waals surface area contributed by atoms with Crippen molar-refractivity contribution in [2.75, 3.05) is 0 Å². The number of aromatic nitrogens is 3. The number of hydrogen-bond acceptors (Lipinski definition) is 6. The van der Waals surface area contributed by atoms with Crippen molar-refractivity contribution in [2.24, 2.45) is 0 Å². The molecule has 0 amide bonds. The van der Waals surface area contributed by atoms with Crippen LogP contribution in [0.15, 0.2) is 54.9 Å². The Morgan fingerprint density at radius 1 is 0.708 bits per heavy atom. The second kappa shape index (κ2) is 16.0. The predicted molar refractivity (Wildman–Crippen MR) is 87.2 cm³/mol. The van der Waals surface area contributed by atoms with Gasteiger partial charge in [0, 0.05) is 16.7 Å². The third-order valence-electron chi connectivity index (χ3n) is 1.50. The van der Waals surface area contributed by atoms with E-state index < -0.39 is 17.9 Å². The predicted octanol–water partition coefficient (Wildman–Crippen LogP) is 1.81. The minimum atomic E-state index is -0.935. The maximum atomic E-state index is 9.60. The molecule has 0 aliphatic rings. The molecule has 0 radical (unpaired) electrons. The Morgan fingerprint density at radius 3 is 0.958 bits per heavy atom. The fraction of sp³-hybridized carbons (Fsp3) is 0.200. The number of nitrogens with zero attached hydrogens (tertiary/aromatic N) is 3. The van der Waals surface area contributed by atoms with Crippen molar-refractivity contribution < 1.29 is 29.7 Å². The highest BCUT2D eigenvalue weighted by atomic mass is 16.4. The van der Waals surface area contributed by atoms with E-state index in [1.54, 1.807) is 18.5 Å². The molecular weight excluding hydrogens is 318 g/mol. The third kappa shape index (κ3) is 27.1. The van der Waals surface area contributed by atoms with Crippen LogP contribution in [0.1, 0.15) is 20.8 Å². The fourth-order valence-electron chi connectivity index (χ4n) is 0.205. The van der Waals surface area contributed by atoms with Gasteiger partial charge in [-0.25, -0.2) is 14.4 Å². The van der Waals surface area contributed by atoms with E-state index in [4.69, 9.17) is 15.3 Å². The molecule has 1 rings (SSSR count). The molecule has 9 heteroatoms. The van der Waals surface area contributed by atoms with Crippen LogP contribution in [0.4, 0.5) is 0 Å². The van der Waals surface area contributed by atoms with Gasteiger partial charge in [0.05, 0.1) is 12.4 Å². The molecule has 0 spiro atoms. The van der Waals surface area contributed by atoms with Gasteiger partial charge in [0.15, 0.2) is 0 Å². The lowest BCUT2D eigenvalue weighted by Gasteiger charge is -1.79. The monoisotopic (exact) mass is 339 g/mol. The van der Waals surface area contributed by atoms with E-state index in [1.807, 2.05) is 0 Å². The van der Waals surface area contributed by atoms with Crippen molar-refractivity contribution in [1.29, 1.82) is 0 Å². The normalized spacial score (nSPS) is 7.62. The highest BCUT2D eigenvalue weighted by molar-refractivity contribution is 5.85. The molecule has 0 unspecified atom stereocenters. The van der Waals surface area contributed by atoms with Gasteiger partial charge >= 0.3 is 17.9 Å². The third-order valence-corrected chi connectivity index (χ3v) is 1.50. The van der Waals surface area contributed by atoms with E-state index >= 15 is 0 Å². The second-order valence-electron chi connectivity index (χ2n) is 4.07. The molecule has 1 aromatic heterocycles. The van der Waals surface area contributed by atoms with Gasteiger partial charge in [-0.2, -0.15) is 0 Å². The molecule has 0 saturated heterocycles. The minimum absolute atomic E-state index is 0.176. The summed E-state index contributed by atoms with van der Waals surface area (Å²) in [5, 5.41) is 33.8. The smallest absolute Gasteiger partial charge is 0.330 e. The van der Waals surface area contributed by atoms with Crippen LogP contribution in [0.3, 0.4) is 0 Å². The molecule has 132 valence electrons. The summed E-state index contributed by atoms with van der Waals surface area (Å²) in [6.07, 6.45) is 3.15. The molecule has 0 saturated carbocycles. The lowest BCUT2D eigenvalue weighted by Crippen LogP contribution is -1.92. The lowest BCUT2D eigenvalue weighted by atomic mass is 10.4. The zero-order chi connectivity index (χ0) is 19.7. The molecule has 0 bridgehead atoms. The average Bonchev–Trinajstić information content (AvgIpc) is 2.50. The molecular formula is C15H21N3O6. The first-order valence-corrected chi connectivity index (χ1v) is 6.18. The molecule has 3 N–H and O–H groups in total. The number of rotatable bonds is 3. The maximum absolute atomic E-state index is 9.60. The zero-order valence-electron chi connectivity index (χ0n) is 13.8. The van der Waals surface area contributed by atoms with Gasteiger partial charge in [0.1, 0.15) is 0 Å². The zero-order valence-corrected chi connectivity index (χ0v) is 13.8. The summed E-state index contributed by atoms with van der Waals surface area (Å²) in [6.45, 7) is 13.8. The van der Waals surface area contributed by atoms with E-state index in [9.17, 15) is 14.4 Å². The Kier molecular flexibility index (Phi) is 17.1. The van der Waals surface area contributed by atoms with E-state index in [-0.39, 0.29) is 16.7 Å². The first-order chi connectivity index (χ1) is 10.9. The number of hydrogen-bond donors (Lipinski definition) is 3.